The number of phosphoric acid groups is 2. The average molecular weight is 514 g/mol. The van der Waals surface area contributed by atoms with Gasteiger partial charge in [-0.05, 0) is 0 Å². The van der Waals surface area contributed by atoms with E-state index in [1.807, 2.05) is 0 Å². The molecule has 9 atom stereocenters. The molecule has 0 aromatic carbocycles. The molecule has 21 heteroatoms. The number of hydrogen-bond acceptors (Lipinski definition) is 19. The molecule has 0 aromatic heterocycles. The van der Waals surface area contributed by atoms with Crippen LogP contribution in [0.15, 0.2) is 0 Å². The van der Waals surface area contributed by atoms with Gasteiger partial charge < -0.3 is 46.0 Å². The molecule has 5 aliphatic rings. The highest BCUT2D eigenvalue weighted by Crippen LogP contribution is 2.78. The van der Waals surface area contributed by atoms with Crippen LogP contribution in [0, 0.1) is 0 Å². The number of carbonyl (C=O) groups excluding carboxylic acids is 1. The van der Waals surface area contributed by atoms with Crippen LogP contribution in [0.5, 0.6) is 0 Å². The molecular formula is C11H16O19P2. The fraction of sp³-hybridized carbons (Fsp3) is 0.909. The summed E-state index contributed by atoms with van der Waals surface area (Å²) in [7, 11) is -10.8. The number of rotatable bonds is 1. The van der Waals surface area contributed by atoms with Gasteiger partial charge in [-0.1, -0.05) is 0 Å². The smallest absolute Gasteiger partial charge is 0.391 e. The minimum absolute atomic E-state index is 1.62. The van der Waals surface area contributed by atoms with E-state index < -0.39 is 82.3 Å². The maximum atomic E-state index is 12.8. The van der Waals surface area contributed by atoms with Gasteiger partial charge in [0.05, 0.1) is 0 Å². The van der Waals surface area contributed by atoms with E-state index in [-0.39, 0.29) is 0 Å². The van der Waals surface area contributed by atoms with Crippen LogP contribution < -0.4 is 0 Å². The predicted octanol–water partition coefficient (Wildman–Crippen LogP) is -5.63. The number of hydrogen-bond donors (Lipinski definition) is 9. The monoisotopic (exact) mass is 514 g/mol. The first-order valence-corrected chi connectivity index (χ1v) is 11.2. The zero-order valence-electron chi connectivity index (χ0n) is 15.1. The molecule has 32 heavy (non-hydrogen) atoms. The van der Waals surface area contributed by atoms with Crippen molar-refractivity contribution in [2.45, 2.75) is 54.2 Å². The van der Waals surface area contributed by atoms with E-state index in [9.17, 15) is 59.9 Å². The average Bonchev–Trinajstić information content (AvgIpc) is 2.89. The fourth-order valence-electron chi connectivity index (χ4n) is 3.16. The van der Waals surface area contributed by atoms with Gasteiger partial charge in [0.25, 0.3) is 5.79 Å². The number of aliphatic hydroxyl groups is 9. The van der Waals surface area contributed by atoms with Gasteiger partial charge in [0.2, 0.25) is 17.9 Å². The first-order valence-electron chi connectivity index (χ1n) is 8.31. The lowest BCUT2D eigenvalue weighted by atomic mass is 9.88. The Morgan fingerprint density at radius 3 is 2.00 bits per heavy atom. The van der Waals surface area contributed by atoms with E-state index in [1.165, 1.54) is 0 Å². The number of ether oxygens (including phenoxy) is 1. The minimum atomic E-state index is -5.64. The van der Waals surface area contributed by atoms with Crippen molar-refractivity contribution in [3.63, 3.8) is 0 Å². The summed E-state index contributed by atoms with van der Waals surface area (Å²) in [6, 6.07) is 0. The van der Waals surface area contributed by atoms with Crippen molar-refractivity contribution >= 4 is 21.4 Å². The Kier molecular flexibility index (Phi) is 5.39. The largest absolute Gasteiger partial charge is 0.486 e. The van der Waals surface area contributed by atoms with Gasteiger partial charge in [0.1, 0.15) is 18.8 Å². The number of fused-ring (bicyclic) bond motifs is 6. The molecule has 0 aliphatic carbocycles. The highest BCUT2D eigenvalue weighted by Gasteiger charge is 2.91. The number of phosphoric ester groups is 2. The molecule has 5 heterocycles. The Labute approximate surface area is 175 Å². The molecule has 0 radical (unpaired) electrons. The predicted molar refractivity (Wildman–Crippen MR) is 82.5 cm³/mol. The van der Waals surface area contributed by atoms with Gasteiger partial charge >= 0.3 is 27.4 Å². The molecule has 1 spiro atoms. The van der Waals surface area contributed by atoms with Crippen LogP contribution in [0.4, 0.5) is 0 Å². The van der Waals surface area contributed by atoms with Gasteiger partial charge in [-0.15, -0.1) is 0 Å². The highest BCUT2D eigenvalue weighted by atomic mass is 31.2. The normalized spacial score (nSPS) is 60.7. The molecule has 5 unspecified atom stereocenters. The Hall–Kier alpha value is -0.510. The maximum absolute atomic E-state index is 12.8. The van der Waals surface area contributed by atoms with Crippen LogP contribution in [0.1, 0.15) is 0 Å². The third kappa shape index (κ3) is 3.06. The summed E-state index contributed by atoms with van der Waals surface area (Å²) < 4.78 is 56.8. The van der Waals surface area contributed by atoms with E-state index >= 15 is 0 Å². The summed E-state index contributed by atoms with van der Waals surface area (Å²) in [4.78, 5) is 12.0. The van der Waals surface area contributed by atoms with Crippen LogP contribution in [-0.2, 0) is 45.8 Å². The topological polar surface area (TPSA) is 298 Å². The molecule has 9 N–H and O–H groups in total. The van der Waals surface area contributed by atoms with Crippen LogP contribution in [0.3, 0.4) is 0 Å². The molecule has 0 aromatic rings. The van der Waals surface area contributed by atoms with Crippen molar-refractivity contribution in [1.29, 1.82) is 0 Å². The fourth-order valence-corrected chi connectivity index (χ4v) is 6.16. The SMILES string of the molecule is O=C1C(O)OP2(=O)O[C@@]3(O)C4(O[C@@](O)(CO)[C@@H](O)[C@@]3(O)O2)OP(=O)(OC(O)C(O)C1O)O4. The number of Topliss-reactive ketones (excluding diaryl/α,β-unsaturated/α-hetero) is 1. The summed E-state index contributed by atoms with van der Waals surface area (Å²) in [6.07, 6.45) is -14.2. The number of aliphatic hydroxyl groups excluding tert-OH is 6. The molecular weight excluding hydrogens is 498 g/mol. The van der Waals surface area contributed by atoms with Crippen LogP contribution in [-0.4, -0.2) is 113 Å². The second-order valence-corrected chi connectivity index (χ2v) is 9.90. The Morgan fingerprint density at radius 1 is 0.875 bits per heavy atom. The van der Waals surface area contributed by atoms with Crippen molar-refractivity contribution in [2.75, 3.05) is 6.61 Å². The van der Waals surface area contributed by atoms with Crippen molar-refractivity contribution in [3.8, 4) is 0 Å². The van der Waals surface area contributed by atoms with E-state index in [0.717, 1.165) is 0 Å². The Balaban J connectivity index is 1.86. The quantitative estimate of drug-likeness (QED) is 0.147. The van der Waals surface area contributed by atoms with E-state index in [4.69, 9.17) is 0 Å². The van der Waals surface area contributed by atoms with Crippen molar-refractivity contribution in [3.05, 3.63) is 0 Å². The zero-order valence-corrected chi connectivity index (χ0v) is 16.9. The van der Waals surface area contributed by atoms with Crippen molar-refractivity contribution < 1.29 is 91.8 Å². The zero-order chi connectivity index (χ0) is 24.1. The second kappa shape index (κ2) is 7.01. The van der Waals surface area contributed by atoms with Gasteiger partial charge in [-0.2, -0.15) is 0 Å². The van der Waals surface area contributed by atoms with E-state index in [0.29, 0.717) is 0 Å². The molecule has 184 valence electrons. The lowest BCUT2D eigenvalue weighted by Gasteiger charge is -2.59. The summed E-state index contributed by atoms with van der Waals surface area (Å²) in [5.74, 6) is -16.7. The van der Waals surface area contributed by atoms with Gasteiger partial charge in [-0.3, -0.25) is 14.1 Å². The molecule has 5 aliphatic heterocycles. The van der Waals surface area contributed by atoms with E-state index in [2.05, 4.69) is 31.9 Å². The molecule has 5 fully saturated rings. The summed E-state index contributed by atoms with van der Waals surface area (Å²) in [6.45, 7) is -1.62. The van der Waals surface area contributed by atoms with Crippen LogP contribution in [0.25, 0.3) is 0 Å². The second-order valence-electron chi connectivity index (χ2n) is 6.96. The lowest BCUT2D eigenvalue weighted by molar-refractivity contribution is -0.585. The molecule has 0 amide bonds. The first-order chi connectivity index (χ1) is 14.5. The van der Waals surface area contributed by atoms with Gasteiger partial charge in [0.15, 0.2) is 12.4 Å². The third-order valence-corrected chi connectivity index (χ3v) is 7.66. The Morgan fingerprint density at radius 2 is 1.44 bits per heavy atom. The minimum Gasteiger partial charge on any atom is -0.391 e. The molecule has 5 rings (SSSR count). The van der Waals surface area contributed by atoms with Crippen molar-refractivity contribution in [2.24, 2.45) is 0 Å². The molecule has 4 bridgehead atoms. The Bertz CT molecular complexity index is 915. The highest BCUT2D eigenvalue weighted by molar-refractivity contribution is 7.50. The summed E-state index contributed by atoms with van der Waals surface area (Å²) in [5, 5.41) is 90.4. The first kappa shape index (κ1) is 24.6. The van der Waals surface area contributed by atoms with Gasteiger partial charge in [-0.25, -0.2) is 31.7 Å². The maximum Gasteiger partial charge on any atom is 0.486 e. The summed E-state index contributed by atoms with van der Waals surface area (Å²) in [5.41, 5.74) is 0. The number of carbonyl (C=O) groups is 1. The number of ketones is 1. The van der Waals surface area contributed by atoms with Crippen LogP contribution in [0.2, 0.25) is 0 Å². The van der Waals surface area contributed by atoms with Crippen molar-refractivity contribution in [1.82, 2.24) is 0 Å². The molecule has 0 saturated carbocycles. The molecule has 5 saturated heterocycles. The molecule has 19 nitrogen and oxygen atoms in total. The van der Waals surface area contributed by atoms with Gasteiger partial charge in [0, 0.05) is 0 Å². The van der Waals surface area contributed by atoms with E-state index in [1.54, 1.807) is 0 Å². The third-order valence-electron chi connectivity index (χ3n) is 4.81. The standard InChI is InChI=1S/C11H16O19P2/c12-1-8(19)7(18)9(20)10(21)11(26-8)29-32(23,30-11)25-6(17)4(15)2(13)3(14)5(16)24-31(22,27-9)28-10/h2,4-7,12-13,15-21H,1H2/t2?,4?,5?,6?,7-,8+,9-,10-,11?,31?,32?/m1/s1. The van der Waals surface area contributed by atoms with Crippen LogP contribution >= 0.6 is 15.6 Å². The summed E-state index contributed by atoms with van der Waals surface area (Å²) >= 11 is 0. The lowest BCUT2D eigenvalue weighted by Crippen LogP contribution is -2.84.